The van der Waals surface area contributed by atoms with Crippen molar-refractivity contribution in [3.63, 3.8) is 0 Å². The molecule has 0 fully saturated rings. The number of aliphatic hydroxyl groups is 1. The number of hydrogen-bond acceptors (Lipinski definition) is 4. The molecular formula is C19H26N3O2+. The quantitative estimate of drug-likeness (QED) is 0.620. The second-order valence-corrected chi connectivity index (χ2v) is 6.97. The van der Waals surface area contributed by atoms with Gasteiger partial charge in [0.05, 0.1) is 32.5 Å². The van der Waals surface area contributed by atoms with E-state index in [9.17, 15) is 5.11 Å². The van der Waals surface area contributed by atoms with Gasteiger partial charge in [0.1, 0.15) is 25.0 Å². The van der Waals surface area contributed by atoms with Gasteiger partial charge in [-0.2, -0.15) is 10.2 Å². The van der Waals surface area contributed by atoms with E-state index in [1.165, 1.54) is 5.56 Å². The van der Waals surface area contributed by atoms with Crippen molar-refractivity contribution in [1.82, 2.24) is 0 Å². The van der Waals surface area contributed by atoms with Gasteiger partial charge in [0.2, 0.25) is 0 Å². The molecule has 5 heteroatoms. The molecule has 2 aromatic carbocycles. The van der Waals surface area contributed by atoms with Gasteiger partial charge in [-0.1, -0.05) is 17.7 Å². The SMILES string of the molecule is Cc1ccc(N=Nc2ccc(OCC(O)C[N+](C)(C)C)cc2)cc1. The zero-order chi connectivity index (χ0) is 17.6. The van der Waals surface area contributed by atoms with Crippen molar-refractivity contribution in [2.75, 3.05) is 34.3 Å². The van der Waals surface area contributed by atoms with E-state index in [1.807, 2.05) is 76.6 Å². The first-order chi connectivity index (χ1) is 11.3. The predicted molar refractivity (Wildman–Crippen MR) is 96.2 cm³/mol. The second-order valence-electron chi connectivity index (χ2n) is 6.97. The van der Waals surface area contributed by atoms with Gasteiger partial charge in [0, 0.05) is 0 Å². The molecule has 0 bridgehead atoms. The van der Waals surface area contributed by atoms with Crippen LogP contribution >= 0.6 is 0 Å². The third kappa shape index (κ3) is 6.48. The molecule has 0 aliphatic rings. The highest BCUT2D eigenvalue weighted by atomic mass is 16.5. The fraction of sp³-hybridized carbons (Fsp3) is 0.368. The lowest BCUT2D eigenvalue weighted by Gasteiger charge is -2.26. The number of benzene rings is 2. The lowest BCUT2D eigenvalue weighted by atomic mass is 10.2. The Morgan fingerprint density at radius 3 is 1.92 bits per heavy atom. The summed E-state index contributed by atoms with van der Waals surface area (Å²) in [6.45, 7) is 2.96. The zero-order valence-electron chi connectivity index (χ0n) is 14.8. The molecule has 1 unspecified atom stereocenters. The van der Waals surface area contributed by atoms with Crippen LogP contribution in [0.1, 0.15) is 5.56 Å². The van der Waals surface area contributed by atoms with E-state index in [-0.39, 0.29) is 6.61 Å². The summed E-state index contributed by atoms with van der Waals surface area (Å²) in [6, 6.07) is 15.2. The van der Waals surface area contributed by atoms with Crippen molar-refractivity contribution < 1.29 is 14.3 Å². The molecule has 2 rings (SSSR count). The average Bonchev–Trinajstić information content (AvgIpc) is 2.52. The summed E-state index contributed by atoms with van der Waals surface area (Å²) in [5.41, 5.74) is 2.78. The highest BCUT2D eigenvalue weighted by molar-refractivity contribution is 5.43. The molecule has 0 heterocycles. The van der Waals surface area contributed by atoms with E-state index in [4.69, 9.17) is 4.74 Å². The summed E-state index contributed by atoms with van der Waals surface area (Å²) in [5, 5.41) is 18.4. The van der Waals surface area contributed by atoms with Crippen LogP contribution < -0.4 is 4.74 Å². The first-order valence-corrected chi connectivity index (χ1v) is 8.02. The maximum Gasteiger partial charge on any atom is 0.137 e. The number of nitrogens with zero attached hydrogens (tertiary/aromatic N) is 3. The molecule has 24 heavy (non-hydrogen) atoms. The molecule has 0 aromatic heterocycles. The number of aryl methyl sites for hydroxylation is 1. The second kappa shape index (κ2) is 8.04. The minimum Gasteiger partial charge on any atom is -0.491 e. The van der Waals surface area contributed by atoms with Gasteiger partial charge < -0.3 is 14.3 Å². The summed E-state index contributed by atoms with van der Waals surface area (Å²) in [7, 11) is 6.12. The minimum atomic E-state index is -0.495. The molecule has 0 spiro atoms. The maximum atomic E-state index is 9.96. The summed E-state index contributed by atoms with van der Waals surface area (Å²) in [4.78, 5) is 0. The number of rotatable bonds is 7. The number of azo groups is 1. The Morgan fingerprint density at radius 1 is 0.917 bits per heavy atom. The smallest absolute Gasteiger partial charge is 0.137 e. The van der Waals surface area contributed by atoms with Crippen LogP contribution in [0, 0.1) is 6.92 Å². The van der Waals surface area contributed by atoms with Crippen molar-refractivity contribution >= 4 is 11.4 Å². The van der Waals surface area contributed by atoms with E-state index < -0.39 is 6.10 Å². The van der Waals surface area contributed by atoms with Crippen molar-refractivity contribution in [2.45, 2.75) is 13.0 Å². The molecule has 1 atom stereocenters. The van der Waals surface area contributed by atoms with Gasteiger partial charge >= 0.3 is 0 Å². The van der Waals surface area contributed by atoms with Gasteiger partial charge in [0.25, 0.3) is 0 Å². The molecule has 128 valence electrons. The van der Waals surface area contributed by atoms with Crippen LogP contribution in [0.3, 0.4) is 0 Å². The first-order valence-electron chi connectivity index (χ1n) is 8.02. The molecule has 0 aliphatic heterocycles. The van der Waals surface area contributed by atoms with E-state index in [0.717, 1.165) is 11.4 Å². The lowest BCUT2D eigenvalue weighted by Crippen LogP contribution is -2.43. The fourth-order valence-corrected chi connectivity index (χ4v) is 2.21. The van der Waals surface area contributed by atoms with Gasteiger partial charge in [-0.05, 0) is 43.3 Å². The van der Waals surface area contributed by atoms with Crippen LogP contribution in [-0.2, 0) is 0 Å². The summed E-state index contributed by atoms with van der Waals surface area (Å²) in [5.74, 6) is 0.713. The summed E-state index contributed by atoms with van der Waals surface area (Å²) >= 11 is 0. The molecule has 0 radical (unpaired) electrons. The monoisotopic (exact) mass is 328 g/mol. The van der Waals surface area contributed by atoms with E-state index >= 15 is 0 Å². The van der Waals surface area contributed by atoms with Crippen LogP contribution in [0.25, 0.3) is 0 Å². The number of ether oxygens (including phenoxy) is 1. The third-order valence-electron chi connectivity index (χ3n) is 3.35. The van der Waals surface area contributed by atoms with E-state index in [1.54, 1.807) is 0 Å². The number of hydrogen-bond donors (Lipinski definition) is 1. The molecule has 5 nitrogen and oxygen atoms in total. The molecule has 0 aliphatic carbocycles. The highest BCUT2D eigenvalue weighted by Gasteiger charge is 2.15. The Morgan fingerprint density at radius 2 is 1.42 bits per heavy atom. The van der Waals surface area contributed by atoms with Gasteiger partial charge in [-0.3, -0.25) is 0 Å². The molecule has 2 aromatic rings. The van der Waals surface area contributed by atoms with Crippen LogP contribution in [0.4, 0.5) is 11.4 Å². The van der Waals surface area contributed by atoms with Crippen LogP contribution in [0.5, 0.6) is 5.75 Å². The molecule has 0 amide bonds. The van der Waals surface area contributed by atoms with Crippen molar-refractivity contribution in [3.05, 3.63) is 54.1 Å². The Bertz CT molecular complexity index is 659. The van der Waals surface area contributed by atoms with Crippen molar-refractivity contribution in [1.29, 1.82) is 0 Å². The maximum absolute atomic E-state index is 9.96. The van der Waals surface area contributed by atoms with Crippen LogP contribution in [0.15, 0.2) is 58.8 Å². The Labute approximate surface area is 143 Å². The number of likely N-dealkylation sites (N-methyl/N-ethyl adjacent to an activating group) is 1. The van der Waals surface area contributed by atoms with Gasteiger partial charge in [-0.15, -0.1) is 0 Å². The largest absolute Gasteiger partial charge is 0.491 e. The molecule has 1 N–H and O–H groups in total. The first kappa shape index (κ1) is 18.1. The summed E-state index contributed by atoms with van der Waals surface area (Å²) < 4.78 is 6.31. The molecule has 0 saturated heterocycles. The van der Waals surface area contributed by atoms with Crippen LogP contribution in [-0.4, -0.2) is 50.0 Å². The number of aliphatic hydroxyl groups excluding tert-OH is 1. The zero-order valence-corrected chi connectivity index (χ0v) is 14.8. The minimum absolute atomic E-state index is 0.278. The van der Waals surface area contributed by atoms with E-state index in [2.05, 4.69) is 10.2 Å². The predicted octanol–water partition coefficient (Wildman–Crippen LogP) is 3.86. The molecule has 0 saturated carbocycles. The highest BCUT2D eigenvalue weighted by Crippen LogP contribution is 2.21. The Balaban J connectivity index is 1.87. The fourth-order valence-electron chi connectivity index (χ4n) is 2.21. The third-order valence-corrected chi connectivity index (χ3v) is 3.35. The number of quaternary nitrogens is 1. The van der Waals surface area contributed by atoms with Crippen molar-refractivity contribution in [3.8, 4) is 5.75 Å². The standard InChI is InChI=1S/C19H26N3O2/c1-15-5-7-16(8-6-15)20-21-17-9-11-19(12-10-17)24-14-18(23)13-22(2,3)4/h5-12,18,23H,13-14H2,1-4H3/q+1. The van der Waals surface area contributed by atoms with E-state index in [0.29, 0.717) is 16.8 Å². The Kier molecular flexibility index (Phi) is 6.06. The van der Waals surface area contributed by atoms with Gasteiger partial charge in [0.15, 0.2) is 0 Å². The lowest BCUT2D eigenvalue weighted by molar-refractivity contribution is -0.873. The van der Waals surface area contributed by atoms with Crippen LogP contribution in [0.2, 0.25) is 0 Å². The summed E-state index contributed by atoms with van der Waals surface area (Å²) in [6.07, 6.45) is -0.495. The molecular weight excluding hydrogens is 302 g/mol. The Hall–Kier alpha value is -2.24. The van der Waals surface area contributed by atoms with Gasteiger partial charge in [-0.25, -0.2) is 0 Å². The van der Waals surface area contributed by atoms with Crippen molar-refractivity contribution in [2.24, 2.45) is 10.2 Å². The topological polar surface area (TPSA) is 54.2 Å². The normalized spacial score (nSPS) is 13.2. The average molecular weight is 328 g/mol.